The third-order valence-corrected chi connectivity index (χ3v) is 11.7. The van der Waals surface area contributed by atoms with Crippen LogP contribution >= 0.6 is 0 Å². The van der Waals surface area contributed by atoms with E-state index in [1.807, 2.05) is 118 Å². The minimum absolute atomic E-state index is 0.0756. The van der Waals surface area contributed by atoms with Crippen molar-refractivity contribution in [3.8, 4) is 63.0 Å². The van der Waals surface area contributed by atoms with Crippen molar-refractivity contribution in [2.24, 2.45) is 0 Å². The number of rotatable bonds is 5. The molecule has 0 spiro atoms. The first-order chi connectivity index (χ1) is 30.9. The summed E-state index contributed by atoms with van der Waals surface area (Å²) in [6, 6.07) is 51.5. The highest BCUT2D eigenvalue weighted by Gasteiger charge is 2.39. The summed E-state index contributed by atoms with van der Waals surface area (Å²) in [5.74, 6) is 0. The number of aromatic nitrogens is 2. The number of hydrogen-bond acceptors (Lipinski definition) is 3. The van der Waals surface area contributed by atoms with E-state index in [0.717, 1.165) is 49.9 Å². The van der Waals surface area contributed by atoms with Crippen molar-refractivity contribution >= 4 is 43.6 Å². The lowest BCUT2D eigenvalue weighted by molar-refractivity contribution is -0.142. The molecule has 0 unspecified atom stereocenters. The summed E-state index contributed by atoms with van der Waals surface area (Å²) >= 11 is 0. The maximum atomic E-state index is 15.1. The molecule has 0 aliphatic carbocycles. The Labute approximate surface area is 360 Å². The van der Waals surface area contributed by atoms with E-state index >= 15 is 13.2 Å². The lowest BCUT2D eigenvalue weighted by atomic mass is 9.94. The minimum atomic E-state index is -5.20. The van der Waals surface area contributed by atoms with Gasteiger partial charge in [0.05, 0.1) is 67.8 Å². The summed E-state index contributed by atoms with van der Waals surface area (Å²) in [6.07, 6.45) is -10.2. The molecule has 0 aliphatic rings. The fourth-order valence-electron chi connectivity index (χ4n) is 8.74. The van der Waals surface area contributed by atoms with Gasteiger partial charge in [-0.3, -0.25) is 0 Å². The average Bonchev–Trinajstić information content (AvgIpc) is 3.82. The third-order valence-electron chi connectivity index (χ3n) is 11.7. The summed E-state index contributed by atoms with van der Waals surface area (Å²) in [5.41, 5.74) is 3.46. The molecule has 8 aromatic carbocycles. The topological polar surface area (TPSA) is 81.2 Å². The Bertz CT molecular complexity index is 3470. The molecule has 5 nitrogen and oxygen atoms in total. The summed E-state index contributed by atoms with van der Waals surface area (Å²) < 4.78 is 90.9. The van der Waals surface area contributed by atoms with Crippen LogP contribution in [0.3, 0.4) is 0 Å². The lowest BCUT2D eigenvalue weighted by Gasteiger charge is -2.21. The van der Waals surface area contributed by atoms with Crippen LogP contribution in [0, 0.1) is 34.0 Å². The van der Waals surface area contributed by atoms with Crippen molar-refractivity contribution < 1.29 is 26.3 Å². The Hall–Kier alpha value is -8.59. The summed E-state index contributed by atoms with van der Waals surface area (Å²) in [6.45, 7) is 0. The van der Waals surface area contributed by atoms with Gasteiger partial charge in [-0.2, -0.15) is 42.1 Å². The number of para-hydroxylation sites is 2. The van der Waals surface area contributed by atoms with Crippen molar-refractivity contribution in [3.63, 3.8) is 0 Å². The fourth-order valence-corrected chi connectivity index (χ4v) is 8.74. The quantitative estimate of drug-likeness (QED) is 0.162. The van der Waals surface area contributed by atoms with Gasteiger partial charge in [0.15, 0.2) is 0 Å². The highest BCUT2D eigenvalue weighted by Crippen LogP contribution is 2.45. The largest absolute Gasteiger partial charge is 0.417 e. The Morgan fingerprint density at radius 1 is 0.375 bits per heavy atom. The number of nitriles is 3. The van der Waals surface area contributed by atoms with Crippen molar-refractivity contribution in [3.05, 3.63) is 192 Å². The van der Waals surface area contributed by atoms with Crippen LogP contribution in [-0.4, -0.2) is 9.13 Å². The third kappa shape index (κ3) is 6.48. The molecule has 0 N–H and O–H groups in total. The molecule has 0 atom stereocenters. The normalized spacial score (nSPS) is 11.9. The first kappa shape index (κ1) is 39.5. The Morgan fingerprint density at radius 2 is 0.812 bits per heavy atom. The predicted molar refractivity (Wildman–Crippen MR) is 236 cm³/mol. The van der Waals surface area contributed by atoms with Gasteiger partial charge in [-0.15, -0.1) is 0 Å². The van der Waals surface area contributed by atoms with Crippen molar-refractivity contribution in [2.45, 2.75) is 12.4 Å². The average molecular weight is 848 g/mol. The molecule has 0 fully saturated rings. The smallest absolute Gasteiger partial charge is 0.308 e. The predicted octanol–water partition coefficient (Wildman–Crippen LogP) is 14.5. The van der Waals surface area contributed by atoms with Gasteiger partial charge in [0.25, 0.3) is 0 Å². The number of nitrogens with zero attached hydrogens (tertiary/aromatic N) is 5. The first-order valence-corrected chi connectivity index (χ1v) is 19.8. The van der Waals surface area contributed by atoms with Gasteiger partial charge in [-0.05, 0) is 106 Å². The highest BCUT2D eigenvalue weighted by atomic mass is 19.4. The maximum absolute atomic E-state index is 15.1. The maximum Gasteiger partial charge on any atom is 0.417 e. The molecular weight excluding hydrogens is 821 g/mol. The second kappa shape index (κ2) is 14.8. The van der Waals surface area contributed by atoms with Gasteiger partial charge in [-0.25, -0.2) is 0 Å². The number of alkyl halides is 6. The number of benzene rings is 8. The Morgan fingerprint density at radius 3 is 1.23 bits per heavy atom. The van der Waals surface area contributed by atoms with Gasteiger partial charge < -0.3 is 9.13 Å². The van der Waals surface area contributed by atoms with Gasteiger partial charge >= 0.3 is 12.4 Å². The number of halogens is 6. The van der Waals surface area contributed by atoms with Crippen LogP contribution in [0.1, 0.15) is 27.8 Å². The molecule has 0 radical (unpaired) electrons. The van der Waals surface area contributed by atoms with Crippen LogP contribution in [0.5, 0.6) is 0 Å². The second-order valence-corrected chi connectivity index (χ2v) is 15.3. The standard InChI is InChI=1S/C53H27F6N5/c54-52(55,56)38-19-22-39(45(27-38)53(57,58)59)37-25-50(63-46-7-3-1-5-40(46)42-20-17-35(23-48(42)63)33-13-9-31(28-60)10-14-33)44(30-62)51(26-37)64-47-8-4-2-6-41(47)43-21-18-36(24-49(43)64)34-15-11-32(29-61)12-16-34/h1-27H. The summed E-state index contributed by atoms with van der Waals surface area (Å²) in [7, 11) is 0. The molecule has 2 aromatic heterocycles. The second-order valence-electron chi connectivity index (χ2n) is 15.3. The van der Waals surface area contributed by atoms with E-state index in [4.69, 9.17) is 0 Å². The monoisotopic (exact) mass is 847 g/mol. The molecule has 11 heteroatoms. The van der Waals surface area contributed by atoms with E-state index < -0.39 is 29.0 Å². The van der Waals surface area contributed by atoms with Crippen LogP contribution in [-0.2, 0) is 12.4 Å². The summed E-state index contributed by atoms with van der Waals surface area (Å²) in [4.78, 5) is 0. The molecule has 0 saturated carbocycles. The van der Waals surface area contributed by atoms with Crippen molar-refractivity contribution in [2.75, 3.05) is 0 Å². The molecule has 306 valence electrons. The summed E-state index contributed by atoms with van der Waals surface area (Å²) in [5, 5.41) is 33.4. The van der Waals surface area contributed by atoms with E-state index in [9.17, 15) is 29.0 Å². The fraction of sp³-hybridized carbons (Fsp3) is 0.0377. The van der Waals surface area contributed by atoms with Crippen LogP contribution in [0.25, 0.3) is 88.4 Å². The molecule has 0 bridgehead atoms. The highest BCUT2D eigenvalue weighted by molar-refractivity contribution is 6.12. The first-order valence-electron chi connectivity index (χ1n) is 19.8. The minimum Gasteiger partial charge on any atom is -0.308 e. The molecule has 0 amide bonds. The van der Waals surface area contributed by atoms with Crippen molar-refractivity contribution in [1.29, 1.82) is 15.8 Å². The molecule has 10 aromatic rings. The molecular formula is C53H27F6N5. The SMILES string of the molecule is N#Cc1ccc(-c2ccc3c4ccccc4n(-c4cc(-c5ccc(C(F)(F)F)cc5C(F)(F)F)cc(-n5c6ccccc6c6ccc(-c7ccc(C#N)cc7)cc65)c4C#N)c3c2)cc1. The van der Waals surface area contributed by atoms with Crippen molar-refractivity contribution in [1.82, 2.24) is 9.13 Å². The molecule has 64 heavy (non-hydrogen) atoms. The zero-order chi connectivity index (χ0) is 44.5. The van der Waals surface area contributed by atoms with Gasteiger partial charge in [-0.1, -0.05) is 91.0 Å². The van der Waals surface area contributed by atoms with Crippen LogP contribution in [0.4, 0.5) is 26.3 Å². The van der Waals surface area contributed by atoms with Crippen LogP contribution < -0.4 is 0 Å². The van der Waals surface area contributed by atoms with E-state index in [1.54, 1.807) is 24.3 Å². The molecule has 2 heterocycles. The lowest BCUT2D eigenvalue weighted by Crippen LogP contribution is -2.12. The van der Waals surface area contributed by atoms with Gasteiger partial charge in [0, 0.05) is 21.5 Å². The zero-order valence-electron chi connectivity index (χ0n) is 33.1. The number of fused-ring (bicyclic) bond motifs is 6. The Balaban J connectivity index is 1.35. The molecule has 0 saturated heterocycles. The van der Waals surface area contributed by atoms with Crippen LogP contribution in [0.15, 0.2) is 164 Å². The van der Waals surface area contributed by atoms with Gasteiger partial charge in [0.2, 0.25) is 0 Å². The van der Waals surface area contributed by atoms with E-state index in [1.165, 1.54) is 12.1 Å². The van der Waals surface area contributed by atoms with Gasteiger partial charge in [0.1, 0.15) is 11.6 Å². The van der Waals surface area contributed by atoms with E-state index in [2.05, 4.69) is 18.2 Å². The molecule has 0 aliphatic heterocycles. The van der Waals surface area contributed by atoms with E-state index in [0.29, 0.717) is 39.3 Å². The molecule has 10 rings (SSSR count). The van der Waals surface area contributed by atoms with Crippen LogP contribution in [0.2, 0.25) is 0 Å². The number of hydrogen-bond donors (Lipinski definition) is 0. The zero-order valence-corrected chi connectivity index (χ0v) is 33.1. The Kier molecular flexibility index (Phi) is 9.14. The van der Waals surface area contributed by atoms with E-state index in [-0.39, 0.29) is 28.6 Å².